The van der Waals surface area contributed by atoms with Crippen molar-refractivity contribution in [3.63, 3.8) is 0 Å². The first-order chi connectivity index (χ1) is 10.3. The molecule has 4 nitrogen and oxygen atoms in total. The topological polar surface area (TPSA) is 52.1 Å². The lowest BCUT2D eigenvalue weighted by Gasteiger charge is -2.07. The van der Waals surface area contributed by atoms with Gasteiger partial charge in [-0.3, -0.25) is 0 Å². The van der Waals surface area contributed by atoms with Crippen molar-refractivity contribution >= 4 is 22.6 Å². The molecule has 0 amide bonds. The molecule has 102 valence electrons. The van der Waals surface area contributed by atoms with Crippen molar-refractivity contribution in [3.05, 3.63) is 60.0 Å². The lowest BCUT2D eigenvalue weighted by atomic mass is 10.2. The predicted octanol–water partition coefficient (Wildman–Crippen LogP) is 4.80. The largest absolute Gasteiger partial charge is 0.463 e. The monoisotopic (exact) mass is 296 g/mol. The quantitative estimate of drug-likeness (QED) is 0.533. The molecule has 0 bridgehead atoms. The maximum Gasteiger partial charge on any atom is 0.154 e. The van der Waals surface area contributed by atoms with E-state index >= 15 is 0 Å². The molecular formula is C16H9ClN2O2. The predicted molar refractivity (Wildman–Crippen MR) is 80.0 cm³/mol. The number of hydrogen-bond acceptors (Lipinski definition) is 4. The lowest BCUT2D eigenvalue weighted by molar-refractivity contribution is 0.572. The van der Waals surface area contributed by atoms with Gasteiger partial charge in [0.2, 0.25) is 0 Å². The zero-order chi connectivity index (χ0) is 14.2. The summed E-state index contributed by atoms with van der Waals surface area (Å²) in [7, 11) is 0. The minimum Gasteiger partial charge on any atom is -0.463 e. The fourth-order valence-corrected chi connectivity index (χ4v) is 2.43. The standard InChI is InChI=1S/C16H9ClN2O2/c17-10-4-1-5-11-14(10)19-16(13-7-3-9-21-13)15(18-11)12-6-2-8-20-12/h1-9H. The van der Waals surface area contributed by atoms with Crippen LogP contribution in [0.3, 0.4) is 0 Å². The summed E-state index contributed by atoms with van der Waals surface area (Å²) in [5.74, 6) is 1.26. The number of hydrogen-bond donors (Lipinski definition) is 0. The second-order valence-corrected chi connectivity index (χ2v) is 4.89. The van der Waals surface area contributed by atoms with E-state index in [1.165, 1.54) is 0 Å². The van der Waals surface area contributed by atoms with E-state index in [9.17, 15) is 0 Å². The van der Waals surface area contributed by atoms with E-state index in [1.807, 2.05) is 30.3 Å². The van der Waals surface area contributed by atoms with E-state index in [0.717, 1.165) is 0 Å². The fraction of sp³-hybridized carbons (Fsp3) is 0. The molecule has 0 fully saturated rings. The summed E-state index contributed by atoms with van der Waals surface area (Å²) < 4.78 is 10.9. The van der Waals surface area contributed by atoms with Crippen LogP contribution in [0.15, 0.2) is 63.8 Å². The Bertz CT molecular complexity index is 900. The smallest absolute Gasteiger partial charge is 0.154 e. The van der Waals surface area contributed by atoms with Crippen LogP contribution in [0.1, 0.15) is 0 Å². The number of furan rings is 2. The van der Waals surface area contributed by atoms with Gasteiger partial charge >= 0.3 is 0 Å². The maximum absolute atomic E-state index is 6.21. The molecule has 0 aliphatic carbocycles. The summed E-state index contributed by atoms with van der Waals surface area (Å²) in [6.07, 6.45) is 3.20. The van der Waals surface area contributed by atoms with E-state index in [2.05, 4.69) is 9.97 Å². The summed E-state index contributed by atoms with van der Waals surface area (Å²) in [6.45, 7) is 0. The van der Waals surface area contributed by atoms with Crippen LogP contribution in [0, 0.1) is 0 Å². The Morgan fingerprint density at radius 1 is 0.762 bits per heavy atom. The van der Waals surface area contributed by atoms with Crippen LogP contribution in [-0.4, -0.2) is 9.97 Å². The van der Waals surface area contributed by atoms with E-state index in [4.69, 9.17) is 20.4 Å². The Hall–Kier alpha value is -2.59. The molecular weight excluding hydrogens is 288 g/mol. The van der Waals surface area contributed by atoms with Crippen molar-refractivity contribution in [1.82, 2.24) is 9.97 Å². The molecule has 21 heavy (non-hydrogen) atoms. The van der Waals surface area contributed by atoms with Gasteiger partial charge in [0.15, 0.2) is 11.5 Å². The summed E-state index contributed by atoms with van der Waals surface area (Å²) in [6, 6.07) is 12.8. The molecule has 3 aromatic heterocycles. The molecule has 3 heterocycles. The first-order valence-corrected chi connectivity index (χ1v) is 6.75. The molecule has 0 aliphatic heterocycles. The maximum atomic E-state index is 6.21. The molecule has 0 N–H and O–H groups in total. The second-order valence-electron chi connectivity index (χ2n) is 4.48. The first kappa shape index (κ1) is 12.2. The molecule has 0 radical (unpaired) electrons. The van der Waals surface area contributed by atoms with Crippen molar-refractivity contribution in [2.45, 2.75) is 0 Å². The number of rotatable bonds is 2. The van der Waals surface area contributed by atoms with Gasteiger partial charge in [0.25, 0.3) is 0 Å². The summed E-state index contributed by atoms with van der Waals surface area (Å²) in [5, 5.41) is 0.554. The molecule has 5 heteroatoms. The SMILES string of the molecule is Clc1cccc2nc(-c3ccco3)c(-c3ccco3)nc12. The Morgan fingerprint density at radius 3 is 2.05 bits per heavy atom. The van der Waals surface area contributed by atoms with Gasteiger partial charge in [0, 0.05) is 0 Å². The van der Waals surface area contributed by atoms with Crippen LogP contribution < -0.4 is 0 Å². The average molecular weight is 297 g/mol. The fourth-order valence-electron chi connectivity index (χ4n) is 2.21. The first-order valence-electron chi connectivity index (χ1n) is 6.37. The molecule has 0 atom stereocenters. The van der Waals surface area contributed by atoms with E-state index in [0.29, 0.717) is 39.0 Å². The van der Waals surface area contributed by atoms with Gasteiger partial charge < -0.3 is 8.83 Å². The zero-order valence-electron chi connectivity index (χ0n) is 10.8. The van der Waals surface area contributed by atoms with Crippen LogP contribution in [0.5, 0.6) is 0 Å². The van der Waals surface area contributed by atoms with Gasteiger partial charge in [-0.15, -0.1) is 0 Å². The average Bonchev–Trinajstić information content (AvgIpc) is 3.20. The number of benzene rings is 1. The summed E-state index contributed by atoms with van der Waals surface area (Å²) in [5.41, 5.74) is 2.59. The Labute approximate surface area is 125 Å². The van der Waals surface area contributed by atoms with Gasteiger partial charge in [0.05, 0.1) is 23.1 Å². The molecule has 0 aliphatic rings. The highest BCUT2D eigenvalue weighted by Crippen LogP contribution is 2.33. The zero-order valence-corrected chi connectivity index (χ0v) is 11.5. The Morgan fingerprint density at radius 2 is 1.43 bits per heavy atom. The Balaban J connectivity index is 2.08. The minimum absolute atomic E-state index is 0.554. The van der Waals surface area contributed by atoms with Crippen LogP contribution in [0.4, 0.5) is 0 Å². The molecule has 4 aromatic rings. The molecule has 0 saturated carbocycles. The number of fused-ring (bicyclic) bond motifs is 1. The third-order valence-electron chi connectivity index (χ3n) is 3.15. The van der Waals surface area contributed by atoms with Crippen molar-refractivity contribution in [2.24, 2.45) is 0 Å². The van der Waals surface area contributed by atoms with Crippen molar-refractivity contribution in [1.29, 1.82) is 0 Å². The van der Waals surface area contributed by atoms with Gasteiger partial charge in [0.1, 0.15) is 16.9 Å². The van der Waals surface area contributed by atoms with E-state index < -0.39 is 0 Å². The van der Waals surface area contributed by atoms with Crippen LogP contribution in [0.25, 0.3) is 33.9 Å². The van der Waals surface area contributed by atoms with Gasteiger partial charge in [-0.2, -0.15) is 0 Å². The van der Waals surface area contributed by atoms with Crippen molar-refractivity contribution < 1.29 is 8.83 Å². The van der Waals surface area contributed by atoms with Gasteiger partial charge in [-0.25, -0.2) is 9.97 Å². The number of halogens is 1. The minimum atomic E-state index is 0.554. The summed E-state index contributed by atoms with van der Waals surface area (Å²) >= 11 is 6.21. The molecule has 0 spiro atoms. The van der Waals surface area contributed by atoms with E-state index in [-0.39, 0.29) is 0 Å². The number of para-hydroxylation sites is 1. The van der Waals surface area contributed by atoms with Gasteiger partial charge in [-0.05, 0) is 36.4 Å². The van der Waals surface area contributed by atoms with Gasteiger partial charge in [-0.1, -0.05) is 17.7 Å². The molecule has 1 aromatic carbocycles. The Kier molecular flexibility index (Phi) is 2.75. The number of nitrogens with zero attached hydrogens (tertiary/aromatic N) is 2. The van der Waals surface area contributed by atoms with Crippen molar-refractivity contribution in [3.8, 4) is 22.9 Å². The van der Waals surface area contributed by atoms with E-state index in [1.54, 1.807) is 24.7 Å². The molecule has 4 rings (SSSR count). The normalized spacial score (nSPS) is 11.1. The second kappa shape index (κ2) is 4.75. The highest BCUT2D eigenvalue weighted by molar-refractivity contribution is 6.34. The molecule has 0 saturated heterocycles. The van der Waals surface area contributed by atoms with Crippen LogP contribution >= 0.6 is 11.6 Å². The highest BCUT2D eigenvalue weighted by atomic mass is 35.5. The third-order valence-corrected chi connectivity index (χ3v) is 3.46. The molecule has 0 unspecified atom stereocenters. The van der Waals surface area contributed by atoms with Crippen LogP contribution in [0.2, 0.25) is 5.02 Å². The highest BCUT2D eigenvalue weighted by Gasteiger charge is 2.17. The van der Waals surface area contributed by atoms with Crippen LogP contribution in [-0.2, 0) is 0 Å². The third kappa shape index (κ3) is 2.00. The lowest BCUT2D eigenvalue weighted by Crippen LogP contribution is -1.94. The van der Waals surface area contributed by atoms with Crippen molar-refractivity contribution in [2.75, 3.05) is 0 Å². The number of aromatic nitrogens is 2. The summed E-state index contributed by atoms with van der Waals surface area (Å²) in [4.78, 5) is 9.26.